The van der Waals surface area contributed by atoms with Gasteiger partial charge in [0.05, 0.1) is 5.92 Å². The lowest BCUT2D eigenvalue weighted by Crippen LogP contribution is -2.42. The molecule has 0 aromatic rings. The van der Waals surface area contributed by atoms with Crippen LogP contribution in [0.25, 0.3) is 0 Å². The van der Waals surface area contributed by atoms with Crippen LogP contribution in [0.4, 0.5) is 13.2 Å². The lowest BCUT2D eigenvalue weighted by Gasteiger charge is -2.22. The van der Waals surface area contributed by atoms with Crippen LogP contribution in [0.15, 0.2) is 0 Å². The van der Waals surface area contributed by atoms with Crippen LogP contribution in [-0.2, 0) is 9.59 Å². The van der Waals surface area contributed by atoms with Crippen molar-refractivity contribution >= 4 is 11.9 Å². The second-order valence-corrected chi connectivity index (χ2v) is 4.56. The van der Waals surface area contributed by atoms with Gasteiger partial charge >= 0.3 is 18.1 Å². The molecule has 2 fully saturated rings. The van der Waals surface area contributed by atoms with Gasteiger partial charge in [-0.2, -0.15) is 13.2 Å². The molecule has 0 bridgehead atoms. The molecule has 1 aliphatic carbocycles. The molecule has 1 aliphatic heterocycles. The van der Waals surface area contributed by atoms with E-state index in [4.69, 9.17) is 5.11 Å². The fourth-order valence-electron chi connectivity index (χ4n) is 2.70. The monoisotopic (exact) mass is 251 g/mol. The van der Waals surface area contributed by atoms with Crippen LogP contribution in [0.5, 0.6) is 0 Å². The van der Waals surface area contributed by atoms with E-state index in [1.54, 1.807) is 0 Å². The molecule has 0 aromatic heterocycles. The van der Waals surface area contributed by atoms with Gasteiger partial charge in [-0.05, 0) is 24.7 Å². The maximum Gasteiger partial charge on any atom is 0.471 e. The number of carboxylic acid groups (broad SMARTS) is 1. The molecule has 1 N–H and O–H groups in total. The third kappa shape index (κ3) is 2.23. The highest BCUT2D eigenvalue weighted by molar-refractivity contribution is 5.82. The van der Waals surface area contributed by atoms with Crippen LogP contribution < -0.4 is 0 Å². The number of fused-ring (bicyclic) bond motifs is 1. The maximum atomic E-state index is 12.2. The third-order valence-corrected chi connectivity index (χ3v) is 3.61. The molecule has 4 nitrogen and oxygen atoms in total. The molecule has 3 atom stereocenters. The lowest BCUT2D eigenvalue weighted by molar-refractivity contribution is -0.185. The first kappa shape index (κ1) is 12.2. The van der Waals surface area contributed by atoms with Gasteiger partial charge in [0.15, 0.2) is 0 Å². The second kappa shape index (κ2) is 3.89. The molecule has 2 aliphatic rings. The van der Waals surface area contributed by atoms with Crippen molar-refractivity contribution in [2.75, 3.05) is 13.1 Å². The molecule has 0 radical (unpaired) electrons. The van der Waals surface area contributed by atoms with Gasteiger partial charge in [-0.15, -0.1) is 0 Å². The molecular weight excluding hydrogens is 239 g/mol. The average Bonchev–Trinajstić information content (AvgIpc) is 2.88. The molecule has 0 aromatic carbocycles. The van der Waals surface area contributed by atoms with E-state index in [0.29, 0.717) is 12.8 Å². The summed E-state index contributed by atoms with van der Waals surface area (Å²) in [5.41, 5.74) is 0. The molecule has 1 unspecified atom stereocenters. The van der Waals surface area contributed by atoms with E-state index in [1.807, 2.05) is 0 Å². The van der Waals surface area contributed by atoms with Crippen molar-refractivity contribution < 1.29 is 27.9 Å². The number of alkyl halides is 3. The first-order valence-electron chi connectivity index (χ1n) is 5.41. The van der Waals surface area contributed by atoms with E-state index in [1.165, 1.54) is 0 Å². The van der Waals surface area contributed by atoms with Crippen molar-refractivity contribution in [2.45, 2.75) is 19.0 Å². The number of carbonyl (C=O) groups excluding carboxylic acids is 1. The molecule has 0 spiro atoms. The molecule has 1 amide bonds. The fourth-order valence-corrected chi connectivity index (χ4v) is 2.70. The fraction of sp³-hybridized carbons (Fsp3) is 0.800. The van der Waals surface area contributed by atoms with Crippen molar-refractivity contribution in [1.82, 2.24) is 4.90 Å². The smallest absolute Gasteiger partial charge is 0.471 e. The molecule has 96 valence electrons. The minimum atomic E-state index is -4.83. The van der Waals surface area contributed by atoms with Crippen LogP contribution in [0.3, 0.4) is 0 Å². The van der Waals surface area contributed by atoms with Gasteiger partial charge < -0.3 is 10.0 Å². The summed E-state index contributed by atoms with van der Waals surface area (Å²) in [6.07, 6.45) is -4.13. The van der Waals surface area contributed by atoms with Gasteiger partial charge in [0.2, 0.25) is 0 Å². The molecule has 1 heterocycles. The SMILES string of the molecule is O=C(O)C1[C@H]2CCN(C(=O)C(F)(F)F)CC[C@@H]12. The van der Waals surface area contributed by atoms with E-state index in [2.05, 4.69) is 0 Å². The van der Waals surface area contributed by atoms with Crippen LogP contribution in [0.1, 0.15) is 12.8 Å². The number of carboxylic acids is 1. The molecule has 2 rings (SSSR count). The van der Waals surface area contributed by atoms with Crippen LogP contribution in [0, 0.1) is 17.8 Å². The first-order valence-corrected chi connectivity index (χ1v) is 5.41. The number of halogens is 3. The summed E-state index contributed by atoms with van der Waals surface area (Å²) in [5.74, 6) is -3.23. The molecule has 7 heteroatoms. The van der Waals surface area contributed by atoms with Gasteiger partial charge in [0, 0.05) is 13.1 Å². The number of amides is 1. The molecular formula is C10H12F3NO3. The Labute approximate surface area is 95.4 Å². The summed E-state index contributed by atoms with van der Waals surface area (Å²) in [5, 5.41) is 8.82. The van der Waals surface area contributed by atoms with Gasteiger partial charge in [-0.25, -0.2) is 0 Å². The summed E-state index contributed by atoms with van der Waals surface area (Å²) in [4.78, 5) is 22.5. The summed E-state index contributed by atoms with van der Waals surface area (Å²) in [7, 11) is 0. The number of hydrogen-bond donors (Lipinski definition) is 1. The lowest BCUT2D eigenvalue weighted by atomic mass is 10.2. The Hall–Kier alpha value is -1.27. The topological polar surface area (TPSA) is 57.6 Å². The van der Waals surface area contributed by atoms with Gasteiger partial charge in [-0.1, -0.05) is 0 Å². The van der Waals surface area contributed by atoms with Crippen LogP contribution >= 0.6 is 0 Å². The highest BCUT2D eigenvalue weighted by Gasteiger charge is 2.56. The zero-order chi connectivity index (χ0) is 12.8. The first-order chi connectivity index (χ1) is 7.82. The Balaban J connectivity index is 1.94. The third-order valence-electron chi connectivity index (χ3n) is 3.61. The van der Waals surface area contributed by atoms with Gasteiger partial charge in [0.1, 0.15) is 0 Å². The number of likely N-dealkylation sites (tertiary alicyclic amines) is 1. The summed E-state index contributed by atoms with van der Waals surface area (Å²) < 4.78 is 36.6. The number of hydrogen-bond acceptors (Lipinski definition) is 2. The second-order valence-electron chi connectivity index (χ2n) is 4.56. The Morgan fingerprint density at radius 1 is 1.12 bits per heavy atom. The normalized spacial score (nSPS) is 32.6. The van der Waals surface area contributed by atoms with Crippen LogP contribution in [-0.4, -0.2) is 41.1 Å². The summed E-state index contributed by atoms with van der Waals surface area (Å²) in [6, 6.07) is 0. The van der Waals surface area contributed by atoms with E-state index in [0.717, 1.165) is 4.90 Å². The van der Waals surface area contributed by atoms with Gasteiger partial charge in [-0.3, -0.25) is 9.59 Å². The maximum absolute atomic E-state index is 12.2. The zero-order valence-electron chi connectivity index (χ0n) is 8.91. The minimum Gasteiger partial charge on any atom is -0.481 e. The van der Waals surface area contributed by atoms with Crippen molar-refractivity contribution in [1.29, 1.82) is 0 Å². The van der Waals surface area contributed by atoms with Crippen molar-refractivity contribution in [3.05, 3.63) is 0 Å². The molecule has 1 saturated carbocycles. The zero-order valence-corrected chi connectivity index (χ0v) is 8.91. The van der Waals surface area contributed by atoms with Crippen LogP contribution in [0.2, 0.25) is 0 Å². The largest absolute Gasteiger partial charge is 0.481 e. The van der Waals surface area contributed by atoms with E-state index < -0.39 is 24.0 Å². The standard InChI is InChI=1S/C10H12F3NO3/c11-10(12,13)9(17)14-3-1-5-6(2-4-14)7(5)8(15)16/h5-7H,1-4H2,(H,15,16)/t5-,6+,7?. The number of aliphatic carboxylic acids is 1. The minimum absolute atomic E-state index is 0.00326. The average molecular weight is 251 g/mol. The molecule has 1 saturated heterocycles. The predicted octanol–water partition coefficient (Wildman–Crippen LogP) is 1.12. The highest BCUT2D eigenvalue weighted by atomic mass is 19.4. The Bertz CT molecular complexity index is 341. The van der Waals surface area contributed by atoms with Crippen molar-refractivity contribution in [2.24, 2.45) is 17.8 Å². The van der Waals surface area contributed by atoms with Gasteiger partial charge in [0.25, 0.3) is 0 Å². The Morgan fingerprint density at radius 2 is 1.59 bits per heavy atom. The highest BCUT2D eigenvalue weighted by Crippen LogP contribution is 2.52. The van der Waals surface area contributed by atoms with Crippen molar-refractivity contribution in [3.63, 3.8) is 0 Å². The number of rotatable bonds is 1. The number of nitrogens with zero attached hydrogens (tertiary/aromatic N) is 1. The predicted molar refractivity (Wildman–Crippen MR) is 50.0 cm³/mol. The Morgan fingerprint density at radius 3 is 1.94 bits per heavy atom. The molecule has 17 heavy (non-hydrogen) atoms. The van der Waals surface area contributed by atoms with E-state index in [-0.39, 0.29) is 24.9 Å². The summed E-state index contributed by atoms with van der Waals surface area (Å²) >= 11 is 0. The number of carbonyl (C=O) groups is 2. The quantitative estimate of drug-likeness (QED) is 0.759. The van der Waals surface area contributed by atoms with E-state index in [9.17, 15) is 22.8 Å². The van der Waals surface area contributed by atoms with E-state index >= 15 is 0 Å². The Kier molecular flexibility index (Phi) is 2.79. The summed E-state index contributed by atoms with van der Waals surface area (Å²) in [6.45, 7) is 0.00653. The van der Waals surface area contributed by atoms with Crippen molar-refractivity contribution in [3.8, 4) is 0 Å².